The molecule has 0 spiro atoms. The van der Waals surface area contributed by atoms with Gasteiger partial charge in [0.2, 0.25) is 0 Å². The summed E-state index contributed by atoms with van der Waals surface area (Å²) < 4.78 is 43.0. The average molecular weight is 380 g/mol. The summed E-state index contributed by atoms with van der Waals surface area (Å²) in [5, 5.41) is 0. The van der Waals surface area contributed by atoms with Crippen LogP contribution in [0.25, 0.3) is 0 Å². The Morgan fingerprint density at radius 2 is 1.40 bits per heavy atom. The summed E-state index contributed by atoms with van der Waals surface area (Å²) in [5.74, 6) is 0.561. The van der Waals surface area contributed by atoms with Crippen molar-refractivity contribution in [1.82, 2.24) is 0 Å². The van der Waals surface area contributed by atoms with E-state index in [1.54, 1.807) is 36.4 Å². The van der Waals surface area contributed by atoms with Crippen LogP contribution in [0.15, 0.2) is 68.2 Å². The Labute approximate surface area is 151 Å². The molecule has 4 nitrogen and oxygen atoms in total. The fourth-order valence-corrected chi connectivity index (χ4v) is 6.82. The normalized spacial score (nSPS) is 15.6. The van der Waals surface area contributed by atoms with E-state index in [0.717, 1.165) is 5.56 Å². The molecular weight excluding hydrogens is 354 g/mol. The zero-order chi connectivity index (χ0) is 18.7. The fourth-order valence-electron chi connectivity index (χ4n) is 2.26. The Morgan fingerprint density at radius 1 is 0.840 bits per heavy atom. The minimum absolute atomic E-state index is 0.0685. The van der Waals surface area contributed by atoms with Crippen molar-refractivity contribution in [3.63, 3.8) is 0 Å². The first kappa shape index (κ1) is 19.7. The van der Waals surface area contributed by atoms with E-state index in [1.807, 2.05) is 33.8 Å². The van der Waals surface area contributed by atoms with Gasteiger partial charge in [-0.25, -0.2) is 4.21 Å². The van der Waals surface area contributed by atoms with Crippen LogP contribution in [0, 0.1) is 18.8 Å². The molecule has 0 heterocycles. The third kappa shape index (κ3) is 4.92. The zero-order valence-corrected chi connectivity index (χ0v) is 16.7. The molecule has 0 amide bonds. The molecule has 0 N–H and O–H groups in total. The predicted octanol–water partition coefficient (Wildman–Crippen LogP) is 4.50. The second-order valence-corrected chi connectivity index (χ2v) is 10.8. The molecule has 136 valence electrons. The maximum Gasteiger partial charge on any atom is 0.290 e. The van der Waals surface area contributed by atoms with Gasteiger partial charge in [0.25, 0.3) is 10.0 Å². The van der Waals surface area contributed by atoms with Gasteiger partial charge in [0.1, 0.15) is 0 Å². The minimum Gasteiger partial charge on any atom is -0.244 e. The molecule has 6 heteroatoms. The highest BCUT2D eigenvalue weighted by Gasteiger charge is 2.24. The Morgan fingerprint density at radius 3 is 1.92 bits per heavy atom. The molecule has 0 bridgehead atoms. The van der Waals surface area contributed by atoms with Crippen LogP contribution in [0.2, 0.25) is 0 Å². The van der Waals surface area contributed by atoms with E-state index in [0.29, 0.717) is 4.90 Å². The molecule has 0 saturated carbocycles. The number of aryl methyl sites for hydroxylation is 1. The summed E-state index contributed by atoms with van der Waals surface area (Å²) in [6, 6.07) is 15.1. The zero-order valence-electron chi connectivity index (χ0n) is 15.0. The molecule has 0 aliphatic rings. The summed E-state index contributed by atoms with van der Waals surface area (Å²) in [5.41, 5.74) is 0.955. The lowest BCUT2D eigenvalue weighted by Gasteiger charge is -2.18. The smallest absolute Gasteiger partial charge is 0.244 e. The van der Waals surface area contributed by atoms with Crippen molar-refractivity contribution in [2.24, 2.45) is 15.6 Å². The second kappa shape index (κ2) is 7.70. The lowest BCUT2D eigenvalue weighted by atomic mass is 10.0. The Balaban J connectivity index is 2.60. The minimum atomic E-state index is -4.00. The molecule has 0 aliphatic carbocycles. The second-order valence-electron chi connectivity index (χ2n) is 6.70. The van der Waals surface area contributed by atoms with Crippen molar-refractivity contribution >= 4 is 19.8 Å². The number of sulfonamides is 1. The van der Waals surface area contributed by atoms with Crippen LogP contribution in [0.3, 0.4) is 0 Å². The number of rotatable bonds is 6. The maximum atomic E-state index is 13.6. The van der Waals surface area contributed by atoms with Crippen LogP contribution in [-0.4, -0.2) is 18.4 Å². The van der Waals surface area contributed by atoms with Crippen molar-refractivity contribution < 1.29 is 12.6 Å². The van der Waals surface area contributed by atoms with Crippen LogP contribution >= 0.6 is 0 Å². The largest absolute Gasteiger partial charge is 0.290 e. The van der Waals surface area contributed by atoms with Crippen molar-refractivity contribution in [3.05, 3.63) is 60.2 Å². The van der Waals surface area contributed by atoms with Crippen LogP contribution < -0.4 is 0 Å². The Hall–Kier alpha value is -1.66. The van der Waals surface area contributed by atoms with Gasteiger partial charge in [0.05, 0.1) is 14.6 Å². The van der Waals surface area contributed by atoms with E-state index >= 15 is 0 Å². The van der Waals surface area contributed by atoms with Gasteiger partial charge in [-0.1, -0.05) is 56.7 Å². The first-order valence-corrected chi connectivity index (χ1v) is 11.4. The molecule has 0 aliphatic heterocycles. The predicted molar refractivity (Wildman–Crippen MR) is 103 cm³/mol. The van der Waals surface area contributed by atoms with Gasteiger partial charge in [-0.3, -0.25) is 0 Å². The quantitative estimate of drug-likeness (QED) is 0.742. The Bertz CT molecular complexity index is 924. The van der Waals surface area contributed by atoms with Gasteiger partial charge in [-0.2, -0.15) is 8.42 Å². The maximum absolute atomic E-state index is 13.6. The van der Waals surface area contributed by atoms with Crippen molar-refractivity contribution in [1.29, 1.82) is 0 Å². The molecule has 2 aromatic carbocycles. The number of nitrogens with zero attached hydrogens (tertiary/aromatic N) is 1. The van der Waals surface area contributed by atoms with E-state index in [-0.39, 0.29) is 22.5 Å². The van der Waals surface area contributed by atoms with E-state index in [4.69, 9.17) is 0 Å². The van der Waals surface area contributed by atoms with E-state index in [9.17, 15) is 12.6 Å². The van der Waals surface area contributed by atoms with Crippen LogP contribution in [0.4, 0.5) is 0 Å². The molecule has 2 unspecified atom stereocenters. The highest BCUT2D eigenvalue weighted by atomic mass is 32.3. The topological polar surface area (TPSA) is 63.6 Å². The lowest BCUT2D eigenvalue weighted by Crippen LogP contribution is -2.19. The van der Waals surface area contributed by atoms with Gasteiger partial charge < -0.3 is 0 Å². The van der Waals surface area contributed by atoms with E-state index in [2.05, 4.69) is 3.77 Å². The highest BCUT2D eigenvalue weighted by molar-refractivity contribution is 8.03. The molecule has 0 saturated heterocycles. The SMILES string of the molecule is Cc1ccc(S(=O)(=O)N=S(=O)(CC(C)C(C)C)c2ccccc2)cc1. The van der Waals surface area contributed by atoms with Crippen molar-refractivity contribution in [2.75, 3.05) is 5.75 Å². The molecule has 0 fully saturated rings. The number of benzene rings is 2. The van der Waals surface area contributed by atoms with E-state index in [1.165, 1.54) is 12.1 Å². The molecule has 0 aromatic heterocycles. The molecule has 2 aromatic rings. The lowest BCUT2D eigenvalue weighted by molar-refractivity contribution is 0.459. The van der Waals surface area contributed by atoms with Crippen molar-refractivity contribution in [2.45, 2.75) is 37.5 Å². The van der Waals surface area contributed by atoms with Crippen LogP contribution in [0.1, 0.15) is 26.3 Å². The Kier molecular flexibility index (Phi) is 6.06. The highest BCUT2D eigenvalue weighted by Crippen LogP contribution is 2.24. The standard InChI is InChI=1S/C19H25NO3S2/c1-15(2)17(4)14-24(21,18-8-6-5-7-9-18)20-25(22,23)19-12-10-16(3)11-13-19/h5-13,15,17H,14H2,1-4H3. The van der Waals surface area contributed by atoms with Gasteiger partial charge in [0.15, 0.2) is 0 Å². The first-order valence-electron chi connectivity index (χ1n) is 8.27. The van der Waals surface area contributed by atoms with Crippen LogP contribution in [0.5, 0.6) is 0 Å². The van der Waals surface area contributed by atoms with Crippen molar-refractivity contribution in [3.8, 4) is 0 Å². The molecular formula is C19H25NO3S2. The van der Waals surface area contributed by atoms with Crippen LogP contribution in [-0.2, 0) is 19.8 Å². The average Bonchev–Trinajstić information content (AvgIpc) is 2.55. The van der Waals surface area contributed by atoms with Gasteiger partial charge in [-0.15, -0.1) is 3.77 Å². The number of hydrogen-bond acceptors (Lipinski definition) is 3. The number of hydrogen-bond donors (Lipinski definition) is 0. The van der Waals surface area contributed by atoms with Gasteiger partial charge >= 0.3 is 0 Å². The fraction of sp³-hybridized carbons (Fsp3) is 0.368. The summed E-state index contributed by atoms with van der Waals surface area (Å²) in [6.45, 7) is 7.92. The molecule has 25 heavy (non-hydrogen) atoms. The monoisotopic (exact) mass is 379 g/mol. The summed E-state index contributed by atoms with van der Waals surface area (Å²) in [4.78, 5) is 0.525. The summed E-state index contributed by atoms with van der Waals surface area (Å²) in [7, 11) is -7.10. The van der Waals surface area contributed by atoms with Gasteiger partial charge in [0, 0.05) is 10.6 Å². The van der Waals surface area contributed by atoms with E-state index < -0.39 is 19.8 Å². The summed E-state index contributed by atoms with van der Waals surface area (Å²) in [6.07, 6.45) is 0. The third-order valence-electron chi connectivity index (χ3n) is 4.28. The molecule has 2 rings (SSSR count). The summed E-state index contributed by atoms with van der Waals surface area (Å²) >= 11 is 0. The van der Waals surface area contributed by atoms with Gasteiger partial charge in [-0.05, 0) is 43.0 Å². The third-order valence-corrected chi connectivity index (χ3v) is 8.88. The molecule has 2 atom stereocenters. The molecule has 0 radical (unpaired) electrons. The first-order chi connectivity index (χ1) is 11.6.